The van der Waals surface area contributed by atoms with Crippen LogP contribution in [0.4, 0.5) is 0 Å². The van der Waals surface area contributed by atoms with Crippen molar-refractivity contribution in [2.45, 2.75) is 257 Å². The first-order chi connectivity index (χ1) is 27.5. The molecule has 56 heavy (non-hydrogen) atoms. The molecule has 4 atom stereocenters. The fourth-order valence-corrected chi connectivity index (χ4v) is 7.14. The Bertz CT molecular complexity index is 930. The van der Waals surface area contributed by atoms with E-state index in [1.54, 1.807) is 0 Å². The topological polar surface area (TPSA) is 110 Å². The van der Waals surface area contributed by atoms with Gasteiger partial charge in [-0.25, -0.2) is 0 Å². The third kappa shape index (κ3) is 37.8. The Morgan fingerprint density at radius 1 is 0.429 bits per heavy atom. The van der Waals surface area contributed by atoms with E-state index in [-0.39, 0.29) is 0 Å². The number of allylic oxidation sites excluding steroid dienone is 8. The Kier molecular flexibility index (Phi) is 43.0. The maximum absolute atomic E-state index is 12.5. The molecule has 0 aliphatic carbocycles. The lowest BCUT2D eigenvalue weighted by molar-refractivity contribution is -0.132. The lowest BCUT2D eigenvalue weighted by atomic mass is 10.00. The molecule has 4 unspecified atom stereocenters. The fraction of sp³-hybridized carbons (Fsp3) is 0.820. The Morgan fingerprint density at radius 2 is 0.750 bits per heavy atom. The average molecular weight is 788 g/mol. The highest BCUT2D eigenvalue weighted by Gasteiger charge is 2.28. The van der Waals surface area contributed by atoms with E-state index in [9.17, 15) is 25.2 Å². The van der Waals surface area contributed by atoms with Gasteiger partial charge in [0.15, 0.2) is 0 Å². The molecule has 0 aromatic rings. The summed E-state index contributed by atoms with van der Waals surface area (Å²) in [6.07, 6.45) is 54.4. The highest BCUT2D eigenvalue weighted by molar-refractivity contribution is 5.80. The molecule has 6 nitrogen and oxygen atoms in total. The molecule has 6 heteroatoms. The van der Waals surface area contributed by atoms with E-state index in [1.165, 1.54) is 135 Å². The van der Waals surface area contributed by atoms with E-state index < -0.39 is 36.9 Å². The van der Waals surface area contributed by atoms with Gasteiger partial charge in [-0.2, -0.15) is 0 Å². The second kappa shape index (κ2) is 44.4. The minimum Gasteiger partial charge on any atom is -0.394 e. The van der Waals surface area contributed by atoms with Gasteiger partial charge in [0.05, 0.1) is 18.8 Å². The normalized spacial score (nSPS) is 14.5. The summed E-state index contributed by atoms with van der Waals surface area (Å²) in [6, 6.07) is -1.02. The quantitative estimate of drug-likeness (QED) is 0.0312. The van der Waals surface area contributed by atoms with Crippen LogP contribution < -0.4 is 5.32 Å². The maximum Gasteiger partial charge on any atom is 0.249 e. The number of amides is 1. The number of rotatable bonds is 43. The summed E-state index contributed by atoms with van der Waals surface area (Å²) < 4.78 is 0. The largest absolute Gasteiger partial charge is 0.394 e. The van der Waals surface area contributed by atoms with Gasteiger partial charge in [0.1, 0.15) is 12.2 Å². The highest BCUT2D eigenvalue weighted by atomic mass is 16.3. The molecule has 0 aliphatic heterocycles. The van der Waals surface area contributed by atoms with Crippen LogP contribution in [0.15, 0.2) is 48.6 Å². The summed E-state index contributed by atoms with van der Waals surface area (Å²) in [6.45, 7) is 4.03. The second-order valence-electron chi connectivity index (χ2n) is 16.4. The second-order valence-corrected chi connectivity index (χ2v) is 16.4. The molecule has 0 radical (unpaired) electrons. The van der Waals surface area contributed by atoms with Crippen molar-refractivity contribution < 1.29 is 25.2 Å². The number of carbonyl (C=O) groups excluding carboxylic acids is 1. The van der Waals surface area contributed by atoms with Crippen molar-refractivity contribution in [1.29, 1.82) is 0 Å². The molecule has 0 heterocycles. The van der Waals surface area contributed by atoms with Crippen LogP contribution in [0.2, 0.25) is 0 Å². The van der Waals surface area contributed by atoms with Crippen molar-refractivity contribution >= 4 is 5.91 Å². The average Bonchev–Trinajstić information content (AvgIpc) is 3.20. The van der Waals surface area contributed by atoms with Crippen molar-refractivity contribution in [3.05, 3.63) is 48.6 Å². The van der Waals surface area contributed by atoms with Gasteiger partial charge in [0.2, 0.25) is 5.91 Å². The first-order valence-corrected chi connectivity index (χ1v) is 24.0. The van der Waals surface area contributed by atoms with Crippen molar-refractivity contribution in [2.75, 3.05) is 6.61 Å². The third-order valence-corrected chi connectivity index (χ3v) is 11.0. The van der Waals surface area contributed by atoms with Crippen LogP contribution in [-0.2, 0) is 4.79 Å². The molecule has 0 bridgehead atoms. The van der Waals surface area contributed by atoms with E-state index in [0.29, 0.717) is 19.3 Å². The standard InChI is InChI=1S/C50H93NO5/c1-3-5-7-9-11-13-15-17-19-21-22-23-24-25-26-28-29-31-33-35-37-39-41-43-47(53)49(55)46(45-52)51-50(56)48(54)44-42-40-38-36-34-32-30-27-20-18-16-14-12-10-8-6-4-2/h23-24,28-30,32,35,37,46-49,52-55H,3-22,25-27,31,33-34,36,38-45H2,1-2H3,(H,51,56)/b24-23+,29-28+,32-30-,37-35+. The summed E-state index contributed by atoms with van der Waals surface area (Å²) in [5.74, 6) is -0.609. The van der Waals surface area contributed by atoms with E-state index in [2.05, 4.69) is 67.8 Å². The lowest BCUT2D eigenvalue weighted by Crippen LogP contribution is -2.53. The summed E-state index contributed by atoms with van der Waals surface area (Å²) in [5, 5.41) is 43.7. The van der Waals surface area contributed by atoms with Gasteiger partial charge in [0.25, 0.3) is 0 Å². The zero-order valence-electron chi connectivity index (χ0n) is 36.9. The third-order valence-electron chi connectivity index (χ3n) is 11.0. The van der Waals surface area contributed by atoms with Crippen LogP contribution in [0, 0.1) is 0 Å². The van der Waals surface area contributed by atoms with E-state index in [0.717, 1.165) is 64.2 Å². The van der Waals surface area contributed by atoms with E-state index in [4.69, 9.17) is 0 Å². The van der Waals surface area contributed by atoms with E-state index in [1.807, 2.05) is 0 Å². The predicted octanol–water partition coefficient (Wildman–Crippen LogP) is 13.1. The van der Waals surface area contributed by atoms with Gasteiger partial charge in [0, 0.05) is 0 Å². The van der Waals surface area contributed by atoms with Crippen LogP contribution in [0.3, 0.4) is 0 Å². The van der Waals surface area contributed by atoms with Gasteiger partial charge in [-0.05, 0) is 89.9 Å². The van der Waals surface area contributed by atoms with E-state index >= 15 is 0 Å². The molecule has 0 spiro atoms. The molecular formula is C50H93NO5. The zero-order chi connectivity index (χ0) is 41.0. The molecule has 5 N–H and O–H groups in total. The molecule has 0 aromatic carbocycles. The molecule has 0 fully saturated rings. The number of unbranched alkanes of at least 4 members (excludes halogenated alkanes) is 26. The zero-order valence-corrected chi connectivity index (χ0v) is 36.9. The molecule has 0 saturated heterocycles. The van der Waals surface area contributed by atoms with Gasteiger partial charge >= 0.3 is 0 Å². The highest BCUT2D eigenvalue weighted by Crippen LogP contribution is 2.15. The number of nitrogens with one attached hydrogen (secondary N) is 1. The van der Waals surface area contributed by atoms with Crippen molar-refractivity contribution in [1.82, 2.24) is 5.32 Å². The van der Waals surface area contributed by atoms with Crippen molar-refractivity contribution in [3.8, 4) is 0 Å². The fourth-order valence-electron chi connectivity index (χ4n) is 7.14. The van der Waals surface area contributed by atoms with Gasteiger partial charge in [-0.1, -0.05) is 191 Å². The first-order valence-electron chi connectivity index (χ1n) is 24.0. The minimum atomic E-state index is -1.30. The van der Waals surface area contributed by atoms with Gasteiger partial charge in [-0.15, -0.1) is 0 Å². The van der Waals surface area contributed by atoms with Gasteiger partial charge in [-0.3, -0.25) is 4.79 Å². The molecule has 0 saturated carbocycles. The number of carbonyl (C=O) groups is 1. The maximum atomic E-state index is 12.5. The minimum absolute atomic E-state index is 0.343. The molecule has 0 aromatic heterocycles. The van der Waals surface area contributed by atoms with Gasteiger partial charge < -0.3 is 25.7 Å². The number of hydrogen-bond donors (Lipinski definition) is 5. The summed E-state index contributed by atoms with van der Waals surface area (Å²) >= 11 is 0. The SMILES string of the molecule is CCCCCCCCCCC/C=C\CCCCCCC(O)C(=O)NC(CO)C(O)C(O)CCC/C=C/CC/C=C/CC/C=C/CCCCCCCCCCCC. The Balaban J connectivity index is 3.81. The predicted molar refractivity (Wildman–Crippen MR) is 242 cm³/mol. The molecule has 328 valence electrons. The number of hydrogen-bond acceptors (Lipinski definition) is 5. The Hall–Kier alpha value is -1.73. The first kappa shape index (κ1) is 54.3. The lowest BCUT2D eigenvalue weighted by Gasteiger charge is -2.27. The molecular weight excluding hydrogens is 695 g/mol. The van der Waals surface area contributed by atoms with Crippen LogP contribution in [0.1, 0.15) is 232 Å². The molecule has 0 aliphatic rings. The van der Waals surface area contributed by atoms with Crippen molar-refractivity contribution in [3.63, 3.8) is 0 Å². The Morgan fingerprint density at radius 3 is 1.12 bits per heavy atom. The number of aliphatic hydroxyl groups excluding tert-OH is 4. The Labute approximate surface area is 347 Å². The summed E-state index contributed by atoms with van der Waals surface area (Å²) in [7, 11) is 0. The summed E-state index contributed by atoms with van der Waals surface area (Å²) in [5.41, 5.74) is 0. The number of aliphatic hydroxyl groups is 4. The van der Waals surface area contributed by atoms with Crippen molar-refractivity contribution in [2.24, 2.45) is 0 Å². The summed E-state index contributed by atoms with van der Waals surface area (Å²) in [4.78, 5) is 12.5. The van der Waals surface area contributed by atoms with Crippen LogP contribution >= 0.6 is 0 Å². The van der Waals surface area contributed by atoms with Crippen LogP contribution in [-0.4, -0.2) is 57.3 Å². The molecule has 0 rings (SSSR count). The van der Waals surface area contributed by atoms with Crippen LogP contribution in [0.25, 0.3) is 0 Å². The van der Waals surface area contributed by atoms with Crippen LogP contribution in [0.5, 0.6) is 0 Å². The smallest absolute Gasteiger partial charge is 0.249 e. The monoisotopic (exact) mass is 788 g/mol. The molecule has 1 amide bonds.